The third-order valence-electron chi connectivity index (χ3n) is 5.26. The van der Waals surface area contributed by atoms with E-state index in [1.165, 1.54) is 38.5 Å². The summed E-state index contributed by atoms with van der Waals surface area (Å²) in [7, 11) is 1.78. The molecule has 0 spiro atoms. The number of nitrogens with one attached hydrogen (secondary N) is 2. The molecule has 0 aromatic heterocycles. The van der Waals surface area contributed by atoms with Crippen LogP contribution in [0.2, 0.25) is 0 Å². The Morgan fingerprint density at radius 2 is 1.81 bits per heavy atom. The van der Waals surface area contributed by atoms with E-state index in [0.29, 0.717) is 12.6 Å². The van der Waals surface area contributed by atoms with E-state index in [0.717, 1.165) is 51.7 Å². The van der Waals surface area contributed by atoms with Gasteiger partial charge >= 0.3 is 0 Å². The van der Waals surface area contributed by atoms with E-state index < -0.39 is 0 Å². The van der Waals surface area contributed by atoms with Gasteiger partial charge in [-0.2, -0.15) is 0 Å². The fourth-order valence-corrected chi connectivity index (χ4v) is 3.54. The lowest BCUT2D eigenvalue weighted by Crippen LogP contribution is -2.44. The van der Waals surface area contributed by atoms with Gasteiger partial charge in [-0.25, -0.2) is 0 Å². The van der Waals surface area contributed by atoms with Gasteiger partial charge in [0.2, 0.25) is 0 Å². The summed E-state index contributed by atoms with van der Waals surface area (Å²) in [5.74, 6) is 0.842. The summed E-state index contributed by atoms with van der Waals surface area (Å²) in [5.41, 5.74) is -0.183. The highest BCUT2D eigenvalue weighted by molar-refractivity contribution is 14.0. The van der Waals surface area contributed by atoms with E-state index >= 15 is 0 Å². The molecule has 0 bridgehead atoms. The first-order valence-corrected chi connectivity index (χ1v) is 10.0. The molecule has 1 heterocycles. The Labute approximate surface area is 176 Å². The maximum atomic E-state index is 6.04. The highest BCUT2D eigenvalue weighted by atomic mass is 127. The van der Waals surface area contributed by atoms with Gasteiger partial charge in [0.1, 0.15) is 0 Å². The molecule has 1 saturated carbocycles. The molecule has 26 heavy (non-hydrogen) atoms. The normalized spacial score (nSPS) is 21.5. The van der Waals surface area contributed by atoms with Crippen molar-refractivity contribution in [2.24, 2.45) is 4.99 Å². The first-order chi connectivity index (χ1) is 12.3. The summed E-state index contributed by atoms with van der Waals surface area (Å²) in [5, 5.41) is 6.69. The van der Waals surface area contributed by atoms with Crippen LogP contribution in [0.25, 0.3) is 0 Å². The summed E-state index contributed by atoms with van der Waals surface area (Å²) in [4.78, 5) is 4.74. The topological polar surface area (TPSA) is 64.1 Å². The van der Waals surface area contributed by atoms with Crippen molar-refractivity contribution in [2.45, 2.75) is 70.0 Å². The maximum Gasteiger partial charge on any atom is 0.191 e. The highest BCUT2D eigenvalue weighted by Crippen LogP contribution is 2.24. The Bertz CT molecular complexity index is 382. The lowest BCUT2D eigenvalue weighted by atomic mass is 9.94. The molecule has 154 valence electrons. The van der Waals surface area contributed by atoms with Crippen molar-refractivity contribution in [2.75, 3.05) is 46.6 Å². The fourth-order valence-electron chi connectivity index (χ4n) is 3.54. The van der Waals surface area contributed by atoms with E-state index in [-0.39, 0.29) is 29.6 Å². The summed E-state index contributed by atoms with van der Waals surface area (Å²) < 4.78 is 17.2. The molecule has 1 aliphatic heterocycles. The van der Waals surface area contributed by atoms with Crippen LogP contribution >= 0.6 is 24.0 Å². The second kappa shape index (κ2) is 14.0. The number of hydrogen-bond acceptors (Lipinski definition) is 4. The molecule has 7 heteroatoms. The van der Waals surface area contributed by atoms with Crippen molar-refractivity contribution >= 4 is 29.9 Å². The average Bonchev–Trinajstić information content (AvgIpc) is 2.93. The van der Waals surface area contributed by atoms with Crippen LogP contribution in [0.5, 0.6) is 0 Å². The predicted molar refractivity (Wildman–Crippen MR) is 117 cm³/mol. The number of guanidine groups is 1. The monoisotopic (exact) mass is 483 g/mol. The zero-order valence-electron chi connectivity index (χ0n) is 16.6. The third kappa shape index (κ3) is 8.71. The van der Waals surface area contributed by atoms with Crippen LogP contribution in [0.4, 0.5) is 0 Å². The van der Waals surface area contributed by atoms with E-state index in [1.54, 1.807) is 7.11 Å². The Hall–Kier alpha value is -0.120. The van der Waals surface area contributed by atoms with Gasteiger partial charge in [0.05, 0.1) is 24.9 Å². The molecular weight excluding hydrogens is 445 g/mol. The Morgan fingerprint density at radius 1 is 1.12 bits per heavy atom. The average molecular weight is 483 g/mol. The van der Waals surface area contributed by atoms with Crippen molar-refractivity contribution in [1.29, 1.82) is 0 Å². The largest absolute Gasteiger partial charge is 0.381 e. The van der Waals surface area contributed by atoms with E-state index in [1.807, 2.05) is 0 Å². The van der Waals surface area contributed by atoms with Crippen molar-refractivity contribution in [1.82, 2.24) is 10.6 Å². The minimum absolute atomic E-state index is 0. The van der Waals surface area contributed by atoms with Crippen molar-refractivity contribution in [3.63, 3.8) is 0 Å². The number of methoxy groups -OCH3 is 1. The minimum atomic E-state index is -0.183. The van der Waals surface area contributed by atoms with E-state index in [2.05, 4.69) is 17.6 Å². The third-order valence-corrected chi connectivity index (χ3v) is 5.26. The summed E-state index contributed by atoms with van der Waals surface area (Å²) in [6.45, 7) is 6.61. The smallest absolute Gasteiger partial charge is 0.191 e. The van der Waals surface area contributed by atoms with Gasteiger partial charge in [-0.05, 0) is 19.8 Å². The first kappa shape index (κ1) is 23.9. The van der Waals surface area contributed by atoms with Crippen LogP contribution in [0.1, 0.15) is 58.3 Å². The van der Waals surface area contributed by atoms with Gasteiger partial charge in [0.25, 0.3) is 0 Å². The van der Waals surface area contributed by atoms with Crippen LogP contribution in [0.15, 0.2) is 4.99 Å². The Kier molecular flexibility index (Phi) is 12.8. The van der Waals surface area contributed by atoms with E-state index in [4.69, 9.17) is 19.2 Å². The van der Waals surface area contributed by atoms with Crippen LogP contribution in [-0.4, -0.2) is 64.2 Å². The number of nitrogens with zero attached hydrogens (tertiary/aromatic N) is 1. The molecule has 0 aromatic rings. The summed E-state index contributed by atoms with van der Waals surface area (Å²) in [6, 6.07) is 0. The quantitative estimate of drug-likeness (QED) is 0.183. The van der Waals surface area contributed by atoms with Gasteiger partial charge < -0.3 is 24.8 Å². The molecule has 2 N–H and O–H groups in total. The Morgan fingerprint density at radius 3 is 2.42 bits per heavy atom. The molecule has 0 atom stereocenters. The zero-order valence-corrected chi connectivity index (χ0v) is 18.9. The number of rotatable bonds is 8. The van der Waals surface area contributed by atoms with Gasteiger partial charge in [-0.1, -0.05) is 25.7 Å². The van der Waals surface area contributed by atoms with Gasteiger partial charge in [0, 0.05) is 46.3 Å². The molecule has 0 radical (unpaired) electrons. The van der Waals surface area contributed by atoms with Gasteiger partial charge in [-0.3, -0.25) is 4.99 Å². The molecule has 0 aromatic carbocycles. The molecule has 2 aliphatic rings. The summed E-state index contributed by atoms with van der Waals surface area (Å²) >= 11 is 0. The first-order valence-electron chi connectivity index (χ1n) is 10.0. The van der Waals surface area contributed by atoms with Crippen LogP contribution in [0.3, 0.4) is 0 Å². The standard InChI is InChI=1S/C19H37N3O3.HI/c1-3-20-18(22-16-19(23-2)10-13-24-14-11-19)21-12-15-25-17-8-6-4-5-7-9-17;/h17H,3-16H2,1-2H3,(H2,20,21,22);1H. The highest BCUT2D eigenvalue weighted by Gasteiger charge is 2.32. The molecule has 1 saturated heterocycles. The van der Waals surface area contributed by atoms with Crippen molar-refractivity contribution in [3.05, 3.63) is 0 Å². The number of ether oxygens (including phenoxy) is 3. The van der Waals surface area contributed by atoms with Crippen LogP contribution in [-0.2, 0) is 14.2 Å². The zero-order chi connectivity index (χ0) is 17.8. The number of halogens is 1. The lowest BCUT2D eigenvalue weighted by Gasteiger charge is -2.34. The molecule has 0 unspecified atom stereocenters. The predicted octanol–water partition coefficient (Wildman–Crippen LogP) is 3.09. The molecule has 2 rings (SSSR count). The maximum absolute atomic E-state index is 6.04. The molecule has 6 nitrogen and oxygen atoms in total. The molecule has 2 fully saturated rings. The Balaban J connectivity index is 0.00000338. The lowest BCUT2D eigenvalue weighted by molar-refractivity contribution is -0.0828. The molecule has 0 amide bonds. The van der Waals surface area contributed by atoms with Gasteiger partial charge in [0.15, 0.2) is 5.96 Å². The van der Waals surface area contributed by atoms with E-state index in [9.17, 15) is 0 Å². The second-order valence-corrected chi connectivity index (χ2v) is 7.11. The summed E-state index contributed by atoms with van der Waals surface area (Å²) in [6.07, 6.45) is 10.0. The van der Waals surface area contributed by atoms with Crippen LogP contribution in [0, 0.1) is 0 Å². The molecule has 1 aliphatic carbocycles. The fraction of sp³-hybridized carbons (Fsp3) is 0.947. The van der Waals surface area contributed by atoms with Crippen molar-refractivity contribution in [3.8, 4) is 0 Å². The minimum Gasteiger partial charge on any atom is -0.381 e. The second-order valence-electron chi connectivity index (χ2n) is 7.11. The van der Waals surface area contributed by atoms with Crippen LogP contribution < -0.4 is 10.6 Å². The van der Waals surface area contributed by atoms with Gasteiger partial charge in [-0.15, -0.1) is 24.0 Å². The molecular formula is C19H38IN3O3. The number of hydrogen-bond donors (Lipinski definition) is 2. The SMILES string of the molecule is CCNC(=NCC1(OC)CCOCC1)NCCOC1CCCCCC1.I. The van der Waals surface area contributed by atoms with Crippen molar-refractivity contribution < 1.29 is 14.2 Å². The number of aliphatic imine (C=N–C) groups is 1.